The van der Waals surface area contributed by atoms with Crippen LogP contribution in [0, 0.1) is 31.5 Å². The second kappa shape index (κ2) is 8.83. The summed E-state index contributed by atoms with van der Waals surface area (Å²) in [7, 11) is 1.44. The Morgan fingerprint density at radius 1 is 1.24 bits per heavy atom. The number of rotatable bonds is 6. The summed E-state index contributed by atoms with van der Waals surface area (Å²) in [6.07, 6.45) is 1.05. The van der Waals surface area contributed by atoms with E-state index in [9.17, 15) is 14.0 Å². The van der Waals surface area contributed by atoms with E-state index in [1.54, 1.807) is 0 Å². The summed E-state index contributed by atoms with van der Waals surface area (Å²) in [5.74, 6) is 0.0997. The molecule has 1 saturated heterocycles. The first-order valence-corrected chi connectivity index (χ1v) is 12.1. The molecule has 34 heavy (non-hydrogen) atoms. The molecule has 2 heterocycles. The normalized spacial score (nSPS) is 20.7. The van der Waals surface area contributed by atoms with Crippen LogP contribution in [0.1, 0.15) is 37.8 Å². The number of benzene rings is 2. The summed E-state index contributed by atoms with van der Waals surface area (Å²) in [5.41, 5.74) is 2.72. The zero-order valence-corrected chi connectivity index (χ0v) is 20.1. The van der Waals surface area contributed by atoms with Gasteiger partial charge >= 0.3 is 0 Å². The summed E-state index contributed by atoms with van der Waals surface area (Å²) >= 11 is 1.52. The number of carbonyl (C=O) groups excluding carboxylic acids is 2. The average Bonchev–Trinajstić information content (AvgIpc) is 3.33. The summed E-state index contributed by atoms with van der Waals surface area (Å²) in [6, 6.07) is 11.8. The number of amides is 2. The number of hydrogen-bond donors (Lipinski definition) is 1. The van der Waals surface area contributed by atoms with Gasteiger partial charge in [0.25, 0.3) is 11.8 Å². The van der Waals surface area contributed by atoms with Gasteiger partial charge < -0.3 is 15.0 Å². The second-order valence-electron chi connectivity index (χ2n) is 9.02. The molecule has 2 amide bonds. The monoisotopic (exact) mass is 479 g/mol. The molecule has 1 unspecified atom stereocenters. The third-order valence-electron chi connectivity index (χ3n) is 6.66. The minimum Gasteiger partial charge on any atom is -0.496 e. The molecule has 5 rings (SSSR count). The highest BCUT2D eigenvalue weighted by atomic mass is 32.1. The molecule has 1 aliphatic carbocycles. The number of halogens is 1. The number of methoxy groups -OCH3 is 1. The number of likely N-dealkylation sites (tertiary alicyclic amines) is 1. The first kappa shape index (κ1) is 22.5. The zero-order chi connectivity index (χ0) is 24.0. The van der Waals surface area contributed by atoms with E-state index in [-0.39, 0.29) is 17.5 Å². The van der Waals surface area contributed by atoms with Gasteiger partial charge in [0, 0.05) is 13.1 Å². The molecule has 1 aromatic heterocycles. The molecule has 1 aliphatic heterocycles. The van der Waals surface area contributed by atoms with E-state index < -0.39 is 11.7 Å². The van der Waals surface area contributed by atoms with Crippen molar-refractivity contribution in [3.8, 4) is 16.2 Å². The number of nitrogens with one attached hydrogen (secondary N) is 1. The molecule has 2 aromatic carbocycles. The maximum absolute atomic E-state index is 13.7. The number of carbonyl (C=O) groups is 2. The van der Waals surface area contributed by atoms with Crippen LogP contribution in [0.4, 0.5) is 4.39 Å². The molecule has 2 fully saturated rings. The number of nitrogens with zero attached hydrogens (tertiary/aromatic N) is 2. The SMILES string of the molecule is COc1ccc(F)cc1C(=O)NC[C@@H]1C2C[C@H]2CN1C(=O)c1nc(C)sc1-c1cccc(C)c1. The number of fused-ring (bicyclic) bond motifs is 1. The van der Waals surface area contributed by atoms with Crippen LogP contribution in [0.2, 0.25) is 0 Å². The molecule has 0 spiro atoms. The fourth-order valence-corrected chi connectivity index (χ4v) is 5.81. The summed E-state index contributed by atoms with van der Waals surface area (Å²) in [4.78, 5) is 33.8. The fourth-order valence-electron chi connectivity index (χ4n) is 4.91. The van der Waals surface area contributed by atoms with E-state index in [1.165, 1.54) is 30.6 Å². The maximum Gasteiger partial charge on any atom is 0.274 e. The Morgan fingerprint density at radius 2 is 2.06 bits per heavy atom. The lowest BCUT2D eigenvalue weighted by Crippen LogP contribution is -2.45. The Kier molecular flexibility index (Phi) is 5.85. The Hall–Kier alpha value is -3.26. The first-order valence-electron chi connectivity index (χ1n) is 11.3. The third-order valence-corrected chi connectivity index (χ3v) is 7.68. The van der Waals surface area contributed by atoms with Gasteiger partial charge in [-0.2, -0.15) is 0 Å². The number of aryl methyl sites for hydroxylation is 2. The highest BCUT2D eigenvalue weighted by molar-refractivity contribution is 7.15. The van der Waals surface area contributed by atoms with Gasteiger partial charge in [-0.3, -0.25) is 9.59 Å². The number of aromatic nitrogens is 1. The molecule has 176 valence electrons. The molecule has 3 aromatic rings. The Morgan fingerprint density at radius 3 is 2.82 bits per heavy atom. The van der Waals surface area contributed by atoms with Crippen molar-refractivity contribution in [1.29, 1.82) is 0 Å². The van der Waals surface area contributed by atoms with Crippen LogP contribution in [0.3, 0.4) is 0 Å². The molecule has 1 N–H and O–H groups in total. The van der Waals surface area contributed by atoms with Gasteiger partial charge in [-0.05, 0) is 55.9 Å². The van der Waals surface area contributed by atoms with Crippen molar-refractivity contribution in [1.82, 2.24) is 15.2 Å². The second-order valence-corrected chi connectivity index (χ2v) is 10.2. The van der Waals surface area contributed by atoms with Crippen LogP contribution in [-0.2, 0) is 0 Å². The zero-order valence-electron chi connectivity index (χ0n) is 19.3. The minimum absolute atomic E-state index is 0.101. The minimum atomic E-state index is -0.506. The fraction of sp³-hybridized carbons (Fsp3) is 0.346. The topological polar surface area (TPSA) is 71.5 Å². The highest BCUT2D eigenvalue weighted by Gasteiger charge is 2.54. The molecule has 1 saturated carbocycles. The molecule has 0 bridgehead atoms. The Labute approximate surface area is 201 Å². The Bertz CT molecular complexity index is 1270. The average molecular weight is 480 g/mol. The third kappa shape index (κ3) is 4.18. The predicted octanol–water partition coefficient (Wildman–Crippen LogP) is 4.47. The van der Waals surface area contributed by atoms with E-state index in [4.69, 9.17) is 4.74 Å². The largest absolute Gasteiger partial charge is 0.496 e. The molecule has 6 nitrogen and oxygen atoms in total. The lowest BCUT2D eigenvalue weighted by atomic mass is 10.1. The van der Waals surface area contributed by atoms with Crippen molar-refractivity contribution in [3.05, 3.63) is 70.1 Å². The van der Waals surface area contributed by atoms with Crippen LogP contribution in [0.5, 0.6) is 5.75 Å². The van der Waals surface area contributed by atoms with Gasteiger partial charge in [0.1, 0.15) is 17.3 Å². The quantitative estimate of drug-likeness (QED) is 0.567. The first-order chi connectivity index (χ1) is 16.4. The van der Waals surface area contributed by atoms with Crippen molar-refractivity contribution in [2.45, 2.75) is 26.3 Å². The number of piperidine rings is 1. The van der Waals surface area contributed by atoms with Gasteiger partial charge in [0.15, 0.2) is 0 Å². The van der Waals surface area contributed by atoms with Gasteiger partial charge in [0.2, 0.25) is 0 Å². The van der Waals surface area contributed by atoms with Crippen molar-refractivity contribution in [3.63, 3.8) is 0 Å². The van der Waals surface area contributed by atoms with Crippen LogP contribution >= 0.6 is 11.3 Å². The van der Waals surface area contributed by atoms with Crippen LogP contribution < -0.4 is 10.1 Å². The van der Waals surface area contributed by atoms with Gasteiger partial charge in [-0.25, -0.2) is 9.37 Å². The molecular formula is C26H26FN3O3S. The van der Waals surface area contributed by atoms with Crippen molar-refractivity contribution >= 4 is 23.2 Å². The van der Waals surface area contributed by atoms with E-state index in [0.29, 0.717) is 36.4 Å². The van der Waals surface area contributed by atoms with E-state index in [0.717, 1.165) is 33.5 Å². The smallest absolute Gasteiger partial charge is 0.274 e. The summed E-state index contributed by atoms with van der Waals surface area (Å²) in [6.45, 7) is 4.90. The molecule has 8 heteroatoms. The standard InChI is InChI=1S/C26H26FN3O3S/c1-14-5-4-6-16(9-14)24-23(29-15(2)34-24)26(32)30-13-17-10-19(17)21(30)12-28-25(31)20-11-18(27)7-8-22(20)33-3/h4-9,11,17,19,21H,10,12-13H2,1-3H3,(H,28,31)/t17-,19?,21+/m0/s1. The van der Waals surface area contributed by atoms with Crippen LogP contribution in [0.25, 0.3) is 10.4 Å². The number of thiazole rings is 1. The lowest BCUT2D eigenvalue weighted by molar-refractivity contribution is 0.0690. The predicted molar refractivity (Wildman–Crippen MR) is 129 cm³/mol. The van der Waals surface area contributed by atoms with E-state index >= 15 is 0 Å². The number of hydrogen-bond acceptors (Lipinski definition) is 5. The molecule has 2 aliphatic rings. The van der Waals surface area contributed by atoms with Crippen molar-refractivity contribution in [2.75, 3.05) is 20.2 Å². The molecular weight excluding hydrogens is 453 g/mol. The summed E-state index contributed by atoms with van der Waals surface area (Å²) in [5, 5.41) is 3.74. The lowest BCUT2D eigenvalue weighted by Gasteiger charge is -2.27. The highest BCUT2D eigenvalue weighted by Crippen LogP contribution is 2.50. The summed E-state index contributed by atoms with van der Waals surface area (Å²) < 4.78 is 18.9. The van der Waals surface area contributed by atoms with Crippen LogP contribution in [0.15, 0.2) is 42.5 Å². The van der Waals surface area contributed by atoms with Gasteiger partial charge in [-0.15, -0.1) is 11.3 Å². The van der Waals surface area contributed by atoms with E-state index in [2.05, 4.69) is 16.4 Å². The number of ether oxygens (including phenoxy) is 1. The van der Waals surface area contributed by atoms with Gasteiger partial charge in [0.05, 0.1) is 28.6 Å². The van der Waals surface area contributed by atoms with Crippen molar-refractivity contribution in [2.24, 2.45) is 11.8 Å². The van der Waals surface area contributed by atoms with Crippen LogP contribution in [-0.4, -0.2) is 47.9 Å². The molecule has 3 atom stereocenters. The Balaban J connectivity index is 1.36. The van der Waals surface area contributed by atoms with Crippen molar-refractivity contribution < 1.29 is 18.7 Å². The van der Waals surface area contributed by atoms with Gasteiger partial charge in [-0.1, -0.05) is 29.8 Å². The maximum atomic E-state index is 13.7. The molecule has 0 radical (unpaired) electrons. The van der Waals surface area contributed by atoms with E-state index in [1.807, 2.05) is 36.9 Å².